The van der Waals surface area contributed by atoms with E-state index in [0.717, 1.165) is 48.7 Å². The lowest BCUT2D eigenvalue weighted by molar-refractivity contribution is -0.137. The van der Waals surface area contributed by atoms with E-state index in [0.29, 0.717) is 13.1 Å². The largest absolute Gasteiger partial charge is 0.331 e. The molecule has 5 nitrogen and oxygen atoms in total. The predicted molar refractivity (Wildman–Crippen MR) is 120 cm³/mol. The summed E-state index contributed by atoms with van der Waals surface area (Å²) in [5.74, 6) is 0.309. The molecule has 0 atom stereocenters. The normalized spacial score (nSPS) is 13.5. The van der Waals surface area contributed by atoms with E-state index in [1.54, 1.807) is 0 Å². The molecular weight excluding hydrogens is 419 g/mol. The molecule has 0 spiro atoms. The van der Waals surface area contributed by atoms with Crippen LogP contribution in [0.3, 0.4) is 0 Å². The highest BCUT2D eigenvalue weighted by molar-refractivity contribution is 5.86. The molecule has 8 heteroatoms. The fraction of sp³-hybridized carbons (Fsp3) is 0.450. The standard InChI is InChI=1S/C20H26N4O.3ClH/c1-15-5-3-7-18(22-15)13-24(14-19-8-4-6-16(2)23-19)20(25)17-9-11-21-12-10-17;;;/h3-8,17,21H,9-14H2,1-2H3;3*1H. The number of halogens is 3. The summed E-state index contributed by atoms with van der Waals surface area (Å²) in [7, 11) is 0. The highest BCUT2D eigenvalue weighted by Crippen LogP contribution is 2.19. The van der Waals surface area contributed by atoms with E-state index in [1.165, 1.54) is 0 Å². The molecular formula is C20H29Cl3N4O. The number of carbonyl (C=O) groups excluding carboxylic acids is 1. The number of aryl methyl sites for hydroxylation is 2. The monoisotopic (exact) mass is 446 g/mol. The minimum Gasteiger partial charge on any atom is -0.331 e. The third-order valence-electron chi connectivity index (χ3n) is 4.60. The van der Waals surface area contributed by atoms with Crippen LogP contribution < -0.4 is 5.32 Å². The molecule has 0 saturated carbocycles. The fourth-order valence-electron chi connectivity index (χ4n) is 3.31. The molecule has 156 valence electrons. The van der Waals surface area contributed by atoms with Crippen molar-refractivity contribution in [2.24, 2.45) is 5.92 Å². The van der Waals surface area contributed by atoms with Gasteiger partial charge in [-0.2, -0.15) is 0 Å². The number of piperidine rings is 1. The lowest BCUT2D eigenvalue weighted by Crippen LogP contribution is -2.40. The van der Waals surface area contributed by atoms with Crippen LogP contribution in [0.5, 0.6) is 0 Å². The van der Waals surface area contributed by atoms with Gasteiger partial charge in [0.05, 0.1) is 24.5 Å². The van der Waals surface area contributed by atoms with Gasteiger partial charge in [-0.3, -0.25) is 14.8 Å². The zero-order chi connectivity index (χ0) is 17.6. The van der Waals surface area contributed by atoms with Crippen molar-refractivity contribution >= 4 is 43.1 Å². The average Bonchev–Trinajstić information content (AvgIpc) is 2.61. The second kappa shape index (κ2) is 12.9. The molecule has 2 aromatic rings. The number of hydrogen-bond donors (Lipinski definition) is 1. The molecule has 3 rings (SSSR count). The molecule has 1 saturated heterocycles. The van der Waals surface area contributed by atoms with Crippen molar-refractivity contribution < 1.29 is 4.79 Å². The van der Waals surface area contributed by atoms with Gasteiger partial charge in [0.2, 0.25) is 5.91 Å². The van der Waals surface area contributed by atoms with Crippen molar-refractivity contribution in [1.29, 1.82) is 0 Å². The number of nitrogens with zero attached hydrogens (tertiary/aromatic N) is 3. The molecule has 0 aromatic carbocycles. The third kappa shape index (κ3) is 7.55. The summed E-state index contributed by atoms with van der Waals surface area (Å²) in [5, 5.41) is 3.33. The molecule has 0 aliphatic carbocycles. The number of rotatable bonds is 5. The van der Waals surface area contributed by atoms with Gasteiger partial charge in [0.25, 0.3) is 0 Å². The van der Waals surface area contributed by atoms with Gasteiger partial charge < -0.3 is 10.2 Å². The van der Waals surface area contributed by atoms with Gasteiger partial charge in [0.15, 0.2) is 0 Å². The van der Waals surface area contributed by atoms with Gasteiger partial charge in [0, 0.05) is 17.3 Å². The van der Waals surface area contributed by atoms with E-state index >= 15 is 0 Å². The number of carbonyl (C=O) groups is 1. The highest BCUT2D eigenvalue weighted by atomic mass is 35.5. The molecule has 1 aliphatic heterocycles. The van der Waals surface area contributed by atoms with E-state index in [-0.39, 0.29) is 49.0 Å². The summed E-state index contributed by atoms with van der Waals surface area (Å²) in [4.78, 5) is 24.2. The lowest BCUT2D eigenvalue weighted by Gasteiger charge is -2.29. The Morgan fingerprint density at radius 1 is 0.929 bits per heavy atom. The summed E-state index contributed by atoms with van der Waals surface area (Å²) >= 11 is 0. The number of amides is 1. The van der Waals surface area contributed by atoms with Crippen molar-refractivity contribution in [1.82, 2.24) is 20.2 Å². The minimum atomic E-state index is 0. The molecule has 0 bridgehead atoms. The summed E-state index contributed by atoms with van der Waals surface area (Å²) < 4.78 is 0. The van der Waals surface area contributed by atoms with E-state index in [4.69, 9.17) is 0 Å². The molecule has 1 fully saturated rings. The number of hydrogen-bond acceptors (Lipinski definition) is 4. The van der Waals surface area contributed by atoms with E-state index in [1.807, 2.05) is 55.1 Å². The van der Waals surface area contributed by atoms with Crippen molar-refractivity contribution in [2.45, 2.75) is 39.8 Å². The molecule has 0 unspecified atom stereocenters. The molecule has 1 aliphatic rings. The fourth-order valence-corrected chi connectivity index (χ4v) is 3.31. The quantitative estimate of drug-likeness (QED) is 0.755. The molecule has 2 aromatic heterocycles. The van der Waals surface area contributed by atoms with Gasteiger partial charge in [-0.25, -0.2) is 0 Å². The Labute approximate surface area is 186 Å². The van der Waals surface area contributed by atoms with Crippen LogP contribution in [0.4, 0.5) is 0 Å². The van der Waals surface area contributed by atoms with Gasteiger partial charge in [-0.15, -0.1) is 37.2 Å². The topological polar surface area (TPSA) is 58.1 Å². The van der Waals surface area contributed by atoms with Gasteiger partial charge in [0.1, 0.15) is 0 Å². The predicted octanol–water partition coefficient (Wildman–Crippen LogP) is 3.89. The molecule has 3 heterocycles. The van der Waals surface area contributed by atoms with Crippen LogP contribution >= 0.6 is 37.2 Å². The maximum Gasteiger partial charge on any atom is 0.226 e. The van der Waals surface area contributed by atoms with E-state index in [9.17, 15) is 4.79 Å². The first kappa shape index (κ1) is 26.6. The smallest absolute Gasteiger partial charge is 0.226 e. The summed E-state index contributed by atoms with van der Waals surface area (Å²) in [6, 6.07) is 11.9. The van der Waals surface area contributed by atoms with Crippen LogP contribution in [-0.4, -0.2) is 33.9 Å². The summed E-state index contributed by atoms with van der Waals surface area (Å²) in [6.45, 7) is 6.83. The first-order valence-corrected chi connectivity index (χ1v) is 8.96. The minimum absolute atomic E-state index is 0. The molecule has 1 amide bonds. The molecule has 0 radical (unpaired) electrons. The maximum absolute atomic E-state index is 13.1. The second-order valence-electron chi connectivity index (χ2n) is 6.76. The van der Waals surface area contributed by atoms with Gasteiger partial charge >= 0.3 is 0 Å². The Bertz CT molecular complexity index is 691. The zero-order valence-corrected chi connectivity index (χ0v) is 18.7. The summed E-state index contributed by atoms with van der Waals surface area (Å²) in [5.41, 5.74) is 3.80. The average molecular weight is 448 g/mol. The Hall–Kier alpha value is -1.40. The van der Waals surface area contributed by atoms with Crippen LogP contribution in [0, 0.1) is 19.8 Å². The third-order valence-corrected chi connectivity index (χ3v) is 4.60. The van der Waals surface area contributed by atoms with Gasteiger partial charge in [-0.05, 0) is 64.0 Å². The zero-order valence-electron chi connectivity index (χ0n) is 16.3. The second-order valence-corrected chi connectivity index (χ2v) is 6.76. The number of pyridine rings is 2. The number of nitrogens with one attached hydrogen (secondary N) is 1. The molecule has 1 N–H and O–H groups in total. The van der Waals surface area contributed by atoms with Crippen LogP contribution in [0.15, 0.2) is 36.4 Å². The van der Waals surface area contributed by atoms with Crippen LogP contribution in [0.1, 0.15) is 35.6 Å². The first-order chi connectivity index (χ1) is 12.1. The summed E-state index contributed by atoms with van der Waals surface area (Å²) in [6.07, 6.45) is 1.80. The highest BCUT2D eigenvalue weighted by Gasteiger charge is 2.26. The SMILES string of the molecule is Cc1cccc(CN(Cc2cccc(C)n2)C(=O)C2CCNCC2)n1.Cl.Cl.Cl. The van der Waals surface area contributed by atoms with Crippen LogP contribution in [0.2, 0.25) is 0 Å². The van der Waals surface area contributed by atoms with E-state index < -0.39 is 0 Å². The lowest BCUT2D eigenvalue weighted by atomic mass is 9.96. The Morgan fingerprint density at radius 2 is 1.39 bits per heavy atom. The van der Waals surface area contributed by atoms with Crippen molar-refractivity contribution in [3.8, 4) is 0 Å². The Morgan fingerprint density at radius 3 is 1.82 bits per heavy atom. The van der Waals surface area contributed by atoms with Crippen molar-refractivity contribution in [2.75, 3.05) is 13.1 Å². The van der Waals surface area contributed by atoms with Gasteiger partial charge in [-0.1, -0.05) is 12.1 Å². The number of aromatic nitrogens is 2. The Balaban J connectivity index is 0.00000243. The van der Waals surface area contributed by atoms with Crippen molar-refractivity contribution in [3.63, 3.8) is 0 Å². The Kier molecular flexibility index (Phi) is 12.3. The van der Waals surface area contributed by atoms with E-state index in [2.05, 4.69) is 15.3 Å². The van der Waals surface area contributed by atoms with Crippen LogP contribution in [-0.2, 0) is 17.9 Å². The van der Waals surface area contributed by atoms with Crippen molar-refractivity contribution in [3.05, 3.63) is 59.2 Å². The van der Waals surface area contributed by atoms with Crippen LogP contribution in [0.25, 0.3) is 0 Å². The molecule has 28 heavy (non-hydrogen) atoms. The maximum atomic E-state index is 13.1. The first-order valence-electron chi connectivity index (χ1n) is 8.96.